The molecule has 1 saturated heterocycles. The Morgan fingerprint density at radius 3 is 2.37 bits per heavy atom. The summed E-state index contributed by atoms with van der Waals surface area (Å²) < 4.78 is 0. The van der Waals surface area contributed by atoms with Gasteiger partial charge in [-0.25, -0.2) is 0 Å². The van der Waals surface area contributed by atoms with Gasteiger partial charge in [-0.3, -0.25) is 14.5 Å². The van der Waals surface area contributed by atoms with Crippen molar-refractivity contribution in [2.75, 3.05) is 57.8 Å². The van der Waals surface area contributed by atoms with E-state index in [0.717, 1.165) is 32.7 Å². The van der Waals surface area contributed by atoms with E-state index in [1.54, 1.807) is 11.9 Å². The van der Waals surface area contributed by atoms with Gasteiger partial charge in [-0.15, -0.1) is 0 Å². The van der Waals surface area contributed by atoms with Crippen molar-refractivity contribution in [1.29, 1.82) is 0 Å². The molecule has 7 nitrogen and oxygen atoms in total. The van der Waals surface area contributed by atoms with Crippen LogP contribution in [0.3, 0.4) is 0 Å². The molecule has 0 aromatic heterocycles. The number of hydrogen-bond donors (Lipinski definition) is 2. The van der Waals surface area contributed by atoms with E-state index in [0.29, 0.717) is 6.54 Å². The normalized spacial score (nSPS) is 16.3. The highest BCUT2D eigenvalue weighted by atomic mass is 16.2. The highest BCUT2D eigenvalue weighted by Crippen LogP contribution is 2.15. The van der Waals surface area contributed by atoms with Gasteiger partial charge in [0.15, 0.2) is 0 Å². The number of carbonyl (C=O) groups is 2. The predicted molar refractivity (Wildman–Crippen MR) is 109 cm³/mol. The lowest BCUT2D eigenvalue weighted by molar-refractivity contribution is -0.132. The number of piperazine rings is 1. The number of hydrogen-bond acceptors (Lipinski definition) is 5. The summed E-state index contributed by atoms with van der Waals surface area (Å²) in [6.45, 7) is 9.20. The first kappa shape index (κ1) is 21.2. The Morgan fingerprint density at radius 2 is 1.78 bits per heavy atom. The SMILES string of the molecule is CC(C)[C@H](N)C(=O)NCC(=O)N(C)CCN1CCN(c2ccccc2)CC1. The van der Waals surface area contributed by atoms with Crippen molar-refractivity contribution < 1.29 is 9.59 Å². The first-order valence-corrected chi connectivity index (χ1v) is 9.68. The minimum atomic E-state index is -0.580. The zero-order valence-electron chi connectivity index (χ0n) is 16.7. The lowest BCUT2D eigenvalue weighted by Gasteiger charge is -2.36. The molecule has 7 heteroatoms. The van der Waals surface area contributed by atoms with Gasteiger partial charge in [0.1, 0.15) is 0 Å². The molecule has 1 atom stereocenters. The van der Waals surface area contributed by atoms with Gasteiger partial charge in [-0.1, -0.05) is 32.0 Å². The standard InChI is InChI=1S/C20H33N5O2/c1-16(2)19(21)20(27)22-15-18(26)23(3)9-10-24-11-13-25(14-12-24)17-7-5-4-6-8-17/h4-8,16,19H,9-15,21H2,1-3H3,(H,22,27)/t19-/m0/s1. The Balaban J connectivity index is 1.66. The summed E-state index contributed by atoms with van der Waals surface area (Å²) in [5.41, 5.74) is 7.05. The van der Waals surface area contributed by atoms with Crippen molar-refractivity contribution in [2.24, 2.45) is 11.7 Å². The number of anilines is 1. The van der Waals surface area contributed by atoms with Crippen molar-refractivity contribution in [3.8, 4) is 0 Å². The molecule has 0 radical (unpaired) electrons. The van der Waals surface area contributed by atoms with E-state index in [1.165, 1.54) is 5.69 Å². The van der Waals surface area contributed by atoms with Crippen LogP contribution in [0.25, 0.3) is 0 Å². The lowest BCUT2D eigenvalue weighted by Crippen LogP contribution is -2.50. The molecule has 3 N–H and O–H groups in total. The minimum Gasteiger partial charge on any atom is -0.369 e. The summed E-state index contributed by atoms with van der Waals surface area (Å²) in [5, 5.41) is 2.63. The second kappa shape index (κ2) is 10.3. The zero-order chi connectivity index (χ0) is 19.8. The molecule has 0 aliphatic carbocycles. The highest BCUT2D eigenvalue weighted by Gasteiger charge is 2.20. The van der Waals surface area contributed by atoms with E-state index < -0.39 is 6.04 Å². The maximum Gasteiger partial charge on any atom is 0.241 e. The van der Waals surface area contributed by atoms with Crippen LogP contribution < -0.4 is 16.0 Å². The minimum absolute atomic E-state index is 0.00244. The maximum absolute atomic E-state index is 12.2. The van der Waals surface area contributed by atoms with E-state index in [9.17, 15) is 9.59 Å². The number of likely N-dealkylation sites (N-methyl/N-ethyl adjacent to an activating group) is 1. The first-order chi connectivity index (χ1) is 12.9. The third-order valence-electron chi connectivity index (χ3n) is 5.11. The van der Waals surface area contributed by atoms with Crippen LogP contribution >= 0.6 is 0 Å². The monoisotopic (exact) mass is 375 g/mol. The van der Waals surface area contributed by atoms with E-state index in [4.69, 9.17) is 5.73 Å². The zero-order valence-corrected chi connectivity index (χ0v) is 16.7. The summed E-state index contributed by atoms with van der Waals surface area (Å²) in [5.74, 6) is -0.321. The van der Waals surface area contributed by atoms with Crippen LogP contribution in [0.1, 0.15) is 13.8 Å². The van der Waals surface area contributed by atoms with Crippen molar-refractivity contribution in [3.63, 3.8) is 0 Å². The third kappa shape index (κ3) is 6.52. The fourth-order valence-corrected chi connectivity index (χ4v) is 3.00. The van der Waals surface area contributed by atoms with E-state index in [-0.39, 0.29) is 24.3 Å². The Labute approximate surface area is 162 Å². The Hall–Kier alpha value is -2.12. The van der Waals surface area contributed by atoms with Crippen LogP contribution in [0.5, 0.6) is 0 Å². The summed E-state index contributed by atoms with van der Waals surface area (Å²) in [6.07, 6.45) is 0. The molecule has 2 rings (SSSR count). The second-order valence-corrected chi connectivity index (χ2v) is 7.47. The lowest BCUT2D eigenvalue weighted by atomic mass is 10.1. The van der Waals surface area contributed by atoms with Crippen LogP contribution in [0.4, 0.5) is 5.69 Å². The van der Waals surface area contributed by atoms with E-state index in [2.05, 4.69) is 39.4 Å². The number of nitrogens with one attached hydrogen (secondary N) is 1. The molecule has 0 unspecified atom stereocenters. The predicted octanol–water partition coefficient (Wildman–Crippen LogP) is 0.367. The highest BCUT2D eigenvalue weighted by molar-refractivity contribution is 5.87. The summed E-state index contributed by atoms with van der Waals surface area (Å²) in [7, 11) is 1.77. The van der Waals surface area contributed by atoms with Crippen molar-refractivity contribution in [3.05, 3.63) is 30.3 Å². The summed E-state index contributed by atoms with van der Waals surface area (Å²) in [4.78, 5) is 30.5. The van der Waals surface area contributed by atoms with Gasteiger partial charge in [-0.2, -0.15) is 0 Å². The molecule has 1 aliphatic heterocycles. The Bertz CT molecular complexity index is 600. The number of nitrogens with zero attached hydrogens (tertiary/aromatic N) is 3. The summed E-state index contributed by atoms with van der Waals surface area (Å²) in [6, 6.07) is 9.86. The molecule has 1 fully saturated rings. The van der Waals surface area contributed by atoms with Crippen molar-refractivity contribution in [1.82, 2.24) is 15.1 Å². The molecular weight excluding hydrogens is 342 g/mol. The van der Waals surface area contributed by atoms with Crippen molar-refractivity contribution in [2.45, 2.75) is 19.9 Å². The van der Waals surface area contributed by atoms with E-state index >= 15 is 0 Å². The van der Waals surface area contributed by atoms with Gasteiger partial charge in [-0.05, 0) is 18.1 Å². The van der Waals surface area contributed by atoms with Crippen LogP contribution in [-0.2, 0) is 9.59 Å². The summed E-state index contributed by atoms with van der Waals surface area (Å²) >= 11 is 0. The molecule has 0 spiro atoms. The number of benzene rings is 1. The molecule has 0 bridgehead atoms. The van der Waals surface area contributed by atoms with Gasteiger partial charge < -0.3 is 20.9 Å². The first-order valence-electron chi connectivity index (χ1n) is 9.68. The molecule has 150 valence electrons. The van der Waals surface area contributed by atoms with Crippen molar-refractivity contribution >= 4 is 17.5 Å². The van der Waals surface area contributed by atoms with Crippen LogP contribution in [-0.4, -0.2) is 80.5 Å². The molecule has 1 aliphatic rings. The smallest absolute Gasteiger partial charge is 0.241 e. The van der Waals surface area contributed by atoms with E-state index in [1.807, 2.05) is 19.9 Å². The molecule has 1 heterocycles. The second-order valence-electron chi connectivity index (χ2n) is 7.47. The maximum atomic E-state index is 12.2. The number of amides is 2. The number of nitrogens with two attached hydrogens (primary N) is 1. The molecule has 2 amide bonds. The van der Waals surface area contributed by atoms with Crippen LogP contribution in [0.2, 0.25) is 0 Å². The third-order valence-corrected chi connectivity index (χ3v) is 5.11. The van der Waals surface area contributed by atoms with Crippen LogP contribution in [0.15, 0.2) is 30.3 Å². The number of rotatable bonds is 8. The Morgan fingerprint density at radius 1 is 1.15 bits per heavy atom. The van der Waals surface area contributed by atoms with Gasteiger partial charge in [0.2, 0.25) is 11.8 Å². The average Bonchev–Trinajstić information content (AvgIpc) is 2.70. The number of para-hydroxylation sites is 1. The topological polar surface area (TPSA) is 81.9 Å². The van der Waals surface area contributed by atoms with Gasteiger partial charge in [0, 0.05) is 52.0 Å². The van der Waals surface area contributed by atoms with Crippen LogP contribution in [0, 0.1) is 5.92 Å². The van der Waals surface area contributed by atoms with Gasteiger partial charge >= 0.3 is 0 Å². The Kier molecular flexibility index (Phi) is 8.06. The molecule has 0 saturated carbocycles. The molecular formula is C20H33N5O2. The molecule has 27 heavy (non-hydrogen) atoms. The van der Waals surface area contributed by atoms with Gasteiger partial charge in [0.25, 0.3) is 0 Å². The molecule has 1 aromatic carbocycles. The quantitative estimate of drug-likeness (QED) is 0.686. The average molecular weight is 376 g/mol. The van der Waals surface area contributed by atoms with Gasteiger partial charge in [0.05, 0.1) is 12.6 Å². The number of carbonyl (C=O) groups excluding carboxylic acids is 2. The largest absolute Gasteiger partial charge is 0.369 e. The molecule has 1 aromatic rings. The fraction of sp³-hybridized carbons (Fsp3) is 0.600. The fourth-order valence-electron chi connectivity index (χ4n) is 3.00.